The first-order valence-corrected chi connectivity index (χ1v) is 16.7. The van der Waals surface area contributed by atoms with Crippen LogP contribution in [-0.2, 0) is 30.8 Å². The number of aliphatic hydroxyl groups is 1. The highest BCUT2D eigenvalue weighted by Gasteiger charge is 2.32. The van der Waals surface area contributed by atoms with Crippen LogP contribution in [0.2, 0.25) is 0 Å². The molecule has 0 fully saturated rings. The maximum atomic E-state index is 13.4. The molecule has 0 bridgehead atoms. The van der Waals surface area contributed by atoms with Crippen molar-refractivity contribution >= 4 is 44.8 Å². The molecule has 3 amide bonds. The van der Waals surface area contributed by atoms with Gasteiger partial charge in [0.25, 0.3) is 0 Å². The maximum Gasteiger partial charge on any atom is 0.227 e. The number of likely N-dealkylation sites (N-methyl/N-ethyl adjacent to an activating group) is 1. The molecule has 0 spiro atoms. The van der Waals surface area contributed by atoms with Crippen LogP contribution in [0.3, 0.4) is 0 Å². The highest BCUT2D eigenvalue weighted by molar-refractivity contribution is 7.88. The minimum Gasteiger partial charge on any atom is -0.488 e. The van der Waals surface area contributed by atoms with E-state index in [1.165, 1.54) is 11.4 Å². The van der Waals surface area contributed by atoms with Crippen molar-refractivity contribution in [2.45, 2.75) is 64.5 Å². The zero-order valence-corrected chi connectivity index (χ0v) is 26.7. The monoisotopic (exact) mass is 631 g/mol. The number of ether oxygens (including phenoxy) is 1. The van der Waals surface area contributed by atoms with Crippen molar-refractivity contribution in [2.24, 2.45) is 5.92 Å². The molecule has 1 aliphatic heterocycles. The van der Waals surface area contributed by atoms with Crippen LogP contribution in [0, 0.1) is 5.92 Å². The summed E-state index contributed by atoms with van der Waals surface area (Å²) in [5.74, 6) is -0.345. The van der Waals surface area contributed by atoms with E-state index in [4.69, 9.17) is 10.5 Å². The molecule has 12 nitrogen and oxygen atoms in total. The summed E-state index contributed by atoms with van der Waals surface area (Å²) in [6.07, 6.45) is 3.04. The topological polar surface area (TPSA) is 171 Å². The summed E-state index contributed by atoms with van der Waals surface area (Å²) < 4.78 is 31.8. The number of fused-ring (bicyclic) bond motifs is 1. The molecular weight excluding hydrogens is 586 g/mol. The van der Waals surface area contributed by atoms with Crippen LogP contribution in [0.15, 0.2) is 42.5 Å². The molecule has 0 aliphatic carbocycles. The number of sulfonamides is 1. The number of nitrogens with two attached hydrogens (primary N) is 1. The van der Waals surface area contributed by atoms with Crippen LogP contribution in [0.25, 0.3) is 0 Å². The van der Waals surface area contributed by atoms with Gasteiger partial charge in [-0.15, -0.1) is 0 Å². The molecule has 3 rings (SSSR count). The fourth-order valence-electron chi connectivity index (χ4n) is 4.91. The zero-order valence-electron chi connectivity index (χ0n) is 25.9. The number of carbonyl (C=O) groups is 3. The average Bonchev–Trinajstić information content (AvgIpc) is 3.00. The Morgan fingerprint density at radius 1 is 1.11 bits per heavy atom. The highest BCUT2D eigenvalue weighted by Crippen LogP contribution is 2.29. The molecule has 0 saturated carbocycles. The molecule has 0 radical (unpaired) electrons. The maximum absolute atomic E-state index is 13.4. The molecule has 2 aromatic rings. The molecule has 242 valence electrons. The molecule has 3 atom stereocenters. The highest BCUT2D eigenvalue weighted by atomic mass is 32.2. The minimum atomic E-state index is -3.47. The van der Waals surface area contributed by atoms with Gasteiger partial charge in [0.15, 0.2) is 0 Å². The van der Waals surface area contributed by atoms with Crippen LogP contribution >= 0.6 is 0 Å². The molecule has 0 unspecified atom stereocenters. The van der Waals surface area contributed by atoms with Gasteiger partial charge in [-0.3, -0.25) is 14.4 Å². The van der Waals surface area contributed by atoms with Gasteiger partial charge in [-0.25, -0.2) is 12.7 Å². The number of unbranched alkanes of at least 4 members (excludes halogenated alkanes) is 2. The number of carbonyl (C=O) groups excluding carboxylic acids is 3. The zero-order chi connectivity index (χ0) is 32.4. The summed E-state index contributed by atoms with van der Waals surface area (Å²) in [5, 5.41) is 15.5. The second-order valence-electron chi connectivity index (χ2n) is 11.5. The first-order chi connectivity index (χ1) is 20.8. The predicted octanol–water partition coefficient (Wildman–Crippen LogP) is 2.84. The van der Waals surface area contributed by atoms with Crippen molar-refractivity contribution in [1.82, 2.24) is 9.21 Å². The number of rotatable bonds is 13. The number of para-hydroxylation sites is 2. The quantitative estimate of drug-likeness (QED) is 0.193. The van der Waals surface area contributed by atoms with Gasteiger partial charge in [-0.1, -0.05) is 25.5 Å². The lowest BCUT2D eigenvalue weighted by Crippen LogP contribution is -2.48. The molecule has 13 heteroatoms. The Morgan fingerprint density at radius 2 is 1.77 bits per heavy atom. The number of hydrogen-bond donors (Lipinski definition) is 4. The SMILES string of the molecule is C[C@H](CO)N1C[C@H](C)[C@H](CN(C)S(C)(=O)=O)Oc2ccc(NC(=O)CCCCCC(=O)Nc3ccccc3N)cc2CC1=O. The summed E-state index contributed by atoms with van der Waals surface area (Å²) in [5.41, 5.74) is 8.00. The van der Waals surface area contributed by atoms with Crippen molar-refractivity contribution in [3.63, 3.8) is 0 Å². The van der Waals surface area contributed by atoms with Crippen LogP contribution in [0.1, 0.15) is 51.5 Å². The molecule has 1 aliphatic rings. The number of nitrogen functional groups attached to an aromatic ring is 1. The minimum absolute atomic E-state index is 0.0125. The standard InChI is InChI=1S/C31H45N5O7S/c1-21-18-36(22(2)20-37)31(40)17-23-16-24(14-15-27(23)43-28(21)19-35(3)44(4,41)42)33-29(38)12-6-5-7-13-30(39)34-26-11-9-8-10-25(26)32/h8-11,14-16,21-22,28,37H,5-7,12-13,17-20,32H2,1-4H3,(H,33,38)(H,34,39)/t21-,22+,28-/m0/s1. The average molecular weight is 632 g/mol. The van der Waals surface area contributed by atoms with E-state index >= 15 is 0 Å². The lowest BCUT2D eigenvalue weighted by atomic mass is 10.0. The van der Waals surface area contributed by atoms with Crippen molar-refractivity contribution in [1.29, 1.82) is 0 Å². The number of anilines is 3. The summed E-state index contributed by atoms with van der Waals surface area (Å²) in [7, 11) is -1.99. The van der Waals surface area contributed by atoms with Crippen LogP contribution in [-0.4, -0.2) is 85.6 Å². The lowest BCUT2D eigenvalue weighted by molar-refractivity contribution is -0.134. The lowest BCUT2D eigenvalue weighted by Gasteiger charge is -2.33. The molecule has 1 heterocycles. The fourth-order valence-corrected chi connectivity index (χ4v) is 5.33. The Kier molecular flexibility index (Phi) is 12.6. The van der Waals surface area contributed by atoms with Gasteiger partial charge >= 0.3 is 0 Å². The molecule has 0 saturated heterocycles. The number of amides is 3. The molecule has 2 aromatic carbocycles. The second kappa shape index (κ2) is 15.9. The number of nitrogens with zero attached hydrogens (tertiary/aromatic N) is 2. The van der Waals surface area contributed by atoms with Crippen molar-refractivity contribution in [2.75, 3.05) is 49.4 Å². The normalized spacial score (nSPS) is 18.0. The van der Waals surface area contributed by atoms with Gasteiger partial charge in [-0.05, 0) is 50.1 Å². The van der Waals surface area contributed by atoms with Crippen LogP contribution in [0.5, 0.6) is 5.75 Å². The van der Waals surface area contributed by atoms with Crippen LogP contribution in [0.4, 0.5) is 17.1 Å². The number of hydrogen-bond acceptors (Lipinski definition) is 8. The third-order valence-corrected chi connectivity index (χ3v) is 9.03. The van der Waals surface area contributed by atoms with E-state index in [-0.39, 0.29) is 56.2 Å². The van der Waals surface area contributed by atoms with E-state index in [1.807, 2.05) is 6.92 Å². The van der Waals surface area contributed by atoms with E-state index in [0.29, 0.717) is 54.1 Å². The Labute approximate surface area is 260 Å². The summed E-state index contributed by atoms with van der Waals surface area (Å²) in [6, 6.07) is 11.7. The third-order valence-electron chi connectivity index (χ3n) is 7.75. The van der Waals surface area contributed by atoms with E-state index in [2.05, 4.69) is 10.6 Å². The van der Waals surface area contributed by atoms with Gasteiger partial charge in [-0.2, -0.15) is 0 Å². The molecular formula is C31H45N5O7S. The molecule has 5 N–H and O–H groups in total. The Hall–Kier alpha value is -3.68. The first-order valence-electron chi connectivity index (χ1n) is 14.8. The largest absolute Gasteiger partial charge is 0.488 e. The smallest absolute Gasteiger partial charge is 0.227 e. The molecule has 0 aromatic heterocycles. The van der Waals surface area contributed by atoms with Gasteiger partial charge in [0, 0.05) is 43.6 Å². The van der Waals surface area contributed by atoms with Crippen LogP contribution < -0.4 is 21.1 Å². The van der Waals surface area contributed by atoms with Gasteiger partial charge in [0.1, 0.15) is 11.9 Å². The Balaban J connectivity index is 1.62. The molecule has 44 heavy (non-hydrogen) atoms. The summed E-state index contributed by atoms with van der Waals surface area (Å²) in [6.45, 7) is 3.78. The van der Waals surface area contributed by atoms with Gasteiger partial charge in [0.2, 0.25) is 27.7 Å². The van der Waals surface area contributed by atoms with E-state index in [1.54, 1.807) is 54.3 Å². The second-order valence-corrected chi connectivity index (χ2v) is 13.6. The fraction of sp³-hybridized carbons (Fsp3) is 0.516. The Bertz CT molecular complexity index is 1420. The van der Waals surface area contributed by atoms with Crippen molar-refractivity contribution in [3.05, 3.63) is 48.0 Å². The Morgan fingerprint density at radius 3 is 2.41 bits per heavy atom. The number of nitrogens with one attached hydrogen (secondary N) is 2. The van der Waals surface area contributed by atoms with E-state index in [9.17, 15) is 27.9 Å². The van der Waals surface area contributed by atoms with Crippen molar-refractivity contribution in [3.8, 4) is 5.75 Å². The summed E-state index contributed by atoms with van der Waals surface area (Å²) in [4.78, 5) is 39.8. The number of aliphatic hydroxyl groups excluding tert-OH is 1. The van der Waals surface area contributed by atoms with E-state index in [0.717, 1.165) is 6.26 Å². The van der Waals surface area contributed by atoms with Gasteiger partial charge in [0.05, 0.1) is 43.2 Å². The van der Waals surface area contributed by atoms with Gasteiger partial charge < -0.3 is 31.1 Å². The summed E-state index contributed by atoms with van der Waals surface area (Å²) >= 11 is 0. The number of benzene rings is 2. The van der Waals surface area contributed by atoms with E-state index < -0.39 is 22.2 Å². The third kappa shape index (κ3) is 10.2. The first kappa shape index (κ1) is 34.8. The predicted molar refractivity (Wildman–Crippen MR) is 171 cm³/mol. The van der Waals surface area contributed by atoms with Crippen molar-refractivity contribution < 1.29 is 32.6 Å².